The summed E-state index contributed by atoms with van der Waals surface area (Å²) in [6, 6.07) is 4.18. The number of rotatable bonds is 12. The van der Waals surface area contributed by atoms with Crippen LogP contribution in [-0.4, -0.2) is 106 Å². The van der Waals surface area contributed by atoms with E-state index in [0.29, 0.717) is 42.0 Å². The Morgan fingerprint density at radius 3 is 2.41 bits per heavy atom. The molecule has 3 fully saturated rings. The van der Waals surface area contributed by atoms with E-state index in [0.717, 1.165) is 69.1 Å². The lowest BCUT2D eigenvalue weighted by Gasteiger charge is -2.33. The molecule has 0 bridgehead atoms. The fourth-order valence-corrected chi connectivity index (χ4v) is 8.09. The Bertz CT molecular complexity index is 1710. The van der Waals surface area contributed by atoms with Crippen LogP contribution in [0, 0.1) is 5.92 Å². The lowest BCUT2D eigenvalue weighted by atomic mass is 9.83. The highest BCUT2D eigenvalue weighted by atomic mass is 19.1. The highest BCUT2D eigenvalue weighted by molar-refractivity contribution is 6.07. The molecule has 0 spiro atoms. The number of ether oxygens (including phenoxy) is 2. The summed E-state index contributed by atoms with van der Waals surface area (Å²) < 4.78 is 27.3. The van der Waals surface area contributed by atoms with Crippen LogP contribution in [-0.2, 0) is 9.47 Å². The van der Waals surface area contributed by atoms with Crippen molar-refractivity contribution in [2.24, 2.45) is 5.92 Å². The molecule has 0 radical (unpaired) electrons. The van der Waals surface area contributed by atoms with Crippen molar-refractivity contribution in [1.82, 2.24) is 35.1 Å². The lowest BCUT2D eigenvalue weighted by Crippen LogP contribution is -2.46. The molecule has 2 atom stereocenters. The van der Waals surface area contributed by atoms with Gasteiger partial charge in [-0.1, -0.05) is 0 Å². The minimum absolute atomic E-state index is 0.0685. The second-order valence-electron chi connectivity index (χ2n) is 16.6. The fraction of sp³-hybridized carbons (Fsp3) is 0.675. The van der Waals surface area contributed by atoms with Crippen LogP contribution in [0.2, 0.25) is 0 Å². The number of carbonyl (C=O) groups is 2. The monoisotopic (exact) mass is 749 g/mol. The van der Waals surface area contributed by atoms with E-state index in [1.807, 2.05) is 37.9 Å². The van der Waals surface area contributed by atoms with Gasteiger partial charge in [0.25, 0.3) is 5.91 Å². The van der Waals surface area contributed by atoms with E-state index in [9.17, 15) is 14.0 Å². The molecule has 6 rings (SSSR count). The summed E-state index contributed by atoms with van der Waals surface area (Å²) in [6.45, 7) is 13.7. The highest BCUT2D eigenvalue weighted by Gasteiger charge is 2.31. The third-order valence-corrected chi connectivity index (χ3v) is 11.1. The zero-order valence-electron chi connectivity index (χ0n) is 32.9. The summed E-state index contributed by atoms with van der Waals surface area (Å²) >= 11 is 0. The van der Waals surface area contributed by atoms with Crippen molar-refractivity contribution in [2.75, 3.05) is 50.1 Å². The number of fused-ring (bicyclic) bond motifs is 1. The first-order valence-corrected chi connectivity index (χ1v) is 19.9. The maximum absolute atomic E-state index is 14.6. The van der Waals surface area contributed by atoms with Crippen molar-refractivity contribution in [3.8, 4) is 0 Å². The van der Waals surface area contributed by atoms with Gasteiger partial charge in [0.2, 0.25) is 5.95 Å². The SMILES string of the molecule is CO[C@H]1CCN(c2nccc(Nc3cc4c(cn3)c(C(=O)NC3CCN(CCC[C@H]5CC[C@H](NC(=O)OC(C)(C)C)CC5)CC3)cn4C(C)C)n2)C[C@H]1F. The Hall–Kier alpha value is -4.04. The van der Waals surface area contributed by atoms with Gasteiger partial charge < -0.3 is 39.8 Å². The molecule has 0 aromatic carbocycles. The van der Waals surface area contributed by atoms with Crippen molar-refractivity contribution >= 4 is 40.5 Å². The quantitative estimate of drug-likeness (QED) is 0.182. The van der Waals surface area contributed by atoms with Gasteiger partial charge in [0.1, 0.15) is 23.4 Å². The van der Waals surface area contributed by atoms with Crippen LogP contribution >= 0.6 is 0 Å². The molecule has 2 amide bonds. The summed E-state index contributed by atoms with van der Waals surface area (Å²) in [5.74, 6) is 2.25. The number of piperidine rings is 2. The number of alkyl halides is 1. The molecule has 13 nitrogen and oxygen atoms in total. The molecule has 2 saturated heterocycles. The van der Waals surface area contributed by atoms with Crippen LogP contribution in [0.1, 0.15) is 109 Å². The largest absolute Gasteiger partial charge is 0.444 e. The van der Waals surface area contributed by atoms with E-state index in [4.69, 9.17) is 9.47 Å². The zero-order chi connectivity index (χ0) is 38.4. The summed E-state index contributed by atoms with van der Waals surface area (Å²) in [5.41, 5.74) is 1.06. The number of anilines is 3. The van der Waals surface area contributed by atoms with E-state index >= 15 is 0 Å². The van der Waals surface area contributed by atoms with Crippen molar-refractivity contribution in [3.63, 3.8) is 0 Å². The normalized spacial score (nSPS) is 23.1. The fourth-order valence-electron chi connectivity index (χ4n) is 8.09. The van der Waals surface area contributed by atoms with Gasteiger partial charge in [-0.3, -0.25) is 4.79 Å². The van der Waals surface area contributed by atoms with Gasteiger partial charge in [0, 0.05) is 74.9 Å². The summed E-state index contributed by atoms with van der Waals surface area (Å²) in [6.07, 6.45) is 12.7. The number of halogens is 1. The maximum Gasteiger partial charge on any atom is 0.407 e. The van der Waals surface area contributed by atoms with Crippen molar-refractivity contribution < 1.29 is 23.5 Å². The Morgan fingerprint density at radius 1 is 0.981 bits per heavy atom. The van der Waals surface area contributed by atoms with Crippen LogP contribution in [0.3, 0.4) is 0 Å². The van der Waals surface area contributed by atoms with Crippen LogP contribution in [0.25, 0.3) is 10.9 Å². The van der Waals surface area contributed by atoms with E-state index in [1.165, 1.54) is 12.8 Å². The molecule has 14 heteroatoms. The maximum atomic E-state index is 14.6. The molecule has 2 aliphatic heterocycles. The summed E-state index contributed by atoms with van der Waals surface area (Å²) in [7, 11) is 1.54. The molecule has 1 saturated carbocycles. The molecule has 5 heterocycles. The summed E-state index contributed by atoms with van der Waals surface area (Å²) in [4.78, 5) is 43.9. The first kappa shape index (κ1) is 39.6. The van der Waals surface area contributed by atoms with Gasteiger partial charge in [0.05, 0.1) is 23.7 Å². The Morgan fingerprint density at radius 2 is 1.72 bits per heavy atom. The number of aromatic nitrogens is 4. The molecule has 3 aromatic rings. The molecule has 3 N–H and O–H groups in total. The second-order valence-corrected chi connectivity index (χ2v) is 16.6. The third-order valence-electron chi connectivity index (χ3n) is 11.1. The number of pyridine rings is 1. The number of nitrogens with zero attached hydrogens (tertiary/aromatic N) is 6. The number of hydrogen-bond donors (Lipinski definition) is 3. The third kappa shape index (κ3) is 10.4. The van der Waals surface area contributed by atoms with E-state index in [1.54, 1.807) is 25.6 Å². The van der Waals surface area contributed by atoms with Crippen molar-refractivity contribution in [1.29, 1.82) is 0 Å². The molecular weight excluding hydrogens is 689 g/mol. The summed E-state index contributed by atoms with van der Waals surface area (Å²) in [5, 5.41) is 10.5. The average Bonchev–Trinajstić information content (AvgIpc) is 3.52. The minimum Gasteiger partial charge on any atom is -0.444 e. The van der Waals surface area contributed by atoms with Crippen molar-refractivity contribution in [3.05, 3.63) is 36.3 Å². The molecule has 296 valence electrons. The van der Waals surface area contributed by atoms with Crippen LogP contribution in [0.5, 0.6) is 0 Å². The predicted molar refractivity (Wildman–Crippen MR) is 209 cm³/mol. The molecule has 0 unspecified atom stereocenters. The first-order chi connectivity index (χ1) is 25.8. The van der Waals surface area contributed by atoms with Gasteiger partial charge in [-0.25, -0.2) is 19.2 Å². The highest BCUT2D eigenvalue weighted by Crippen LogP contribution is 2.30. The van der Waals surface area contributed by atoms with Crippen LogP contribution < -0.4 is 20.9 Å². The smallest absolute Gasteiger partial charge is 0.407 e. The number of carbonyl (C=O) groups excluding carboxylic acids is 2. The van der Waals surface area contributed by atoms with Gasteiger partial charge in [0.15, 0.2) is 0 Å². The minimum atomic E-state index is -1.11. The Kier molecular flexibility index (Phi) is 12.9. The average molecular weight is 750 g/mol. The van der Waals surface area contributed by atoms with Gasteiger partial charge in [-0.05, 0) is 111 Å². The number of methoxy groups -OCH3 is 1. The molecule has 1 aliphatic carbocycles. The van der Waals surface area contributed by atoms with Crippen molar-refractivity contribution in [2.45, 2.75) is 128 Å². The van der Waals surface area contributed by atoms with E-state index < -0.39 is 17.9 Å². The molecule has 3 aliphatic rings. The molecular formula is C40H60FN9O4. The predicted octanol–water partition coefficient (Wildman–Crippen LogP) is 6.77. The molecule has 3 aromatic heterocycles. The number of nitrogens with one attached hydrogen (secondary N) is 3. The second kappa shape index (κ2) is 17.6. The molecule has 54 heavy (non-hydrogen) atoms. The van der Waals surface area contributed by atoms with Gasteiger partial charge >= 0.3 is 6.09 Å². The van der Waals surface area contributed by atoms with Crippen LogP contribution in [0.4, 0.5) is 26.8 Å². The lowest BCUT2D eigenvalue weighted by molar-refractivity contribution is 0.0194. The first-order valence-electron chi connectivity index (χ1n) is 19.9. The van der Waals surface area contributed by atoms with Gasteiger partial charge in [-0.15, -0.1) is 0 Å². The number of likely N-dealkylation sites (tertiary alicyclic amines) is 1. The number of alkyl carbamates (subject to hydrolysis) is 1. The topological polar surface area (TPSA) is 139 Å². The number of hydrogen-bond acceptors (Lipinski definition) is 10. The van der Waals surface area contributed by atoms with E-state index in [2.05, 4.69) is 54.2 Å². The number of amides is 2. The van der Waals surface area contributed by atoms with Gasteiger partial charge in [-0.2, -0.15) is 4.98 Å². The Balaban J connectivity index is 0.968. The zero-order valence-corrected chi connectivity index (χ0v) is 32.9. The van der Waals surface area contributed by atoms with Crippen LogP contribution in [0.15, 0.2) is 30.7 Å². The Labute approximate surface area is 319 Å². The standard InChI is InChI=1S/C40H60FN9O4/c1-26(2)50-24-31(30-23-43-36(22-33(30)50)46-35-13-17-42-38(47-35)49-21-16-34(53-6)32(41)25-49)37(51)44-29-14-19-48(20-15-29)18-7-8-27-9-11-28(12-10-27)45-39(52)54-40(3,4)5/h13,17,22-24,26-29,32,34H,7-12,14-16,18-21,25H2,1-6H3,(H,44,51)(H,45,52)(H,42,43,46,47)/t27-,28-,32-,34+/m1/s1. The van der Waals surface area contributed by atoms with E-state index in [-0.39, 0.29) is 36.7 Å².